The molecule has 40 heavy (non-hydrogen) atoms. The van der Waals surface area contributed by atoms with Crippen molar-refractivity contribution in [3.8, 4) is 0 Å². The lowest BCUT2D eigenvalue weighted by molar-refractivity contribution is -0.245. The van der Waals surface area contributed by atoms with Crippen LogP contribution in [0.25, 0.3) is 0 Å². The Morgan fingerprint density at radius 3 is 2.33 bits per heavy atom. The number of ether oxygens (including phenoxy) is 2. The number of carbonyl (C=O) groups excluding carboxylic acids is 1. The quantitative estimate of drug-likeness (QED) is 0.172. The number of aliphatic carboxylic acids is 1. The lowest BCUT2D eigenvalue weighted by Gasteiger charge is -2.36. The second-order valence-electron chi connectivity index (χ2n) is 9.80. The second-order valence-corrected chi connectivity index (χ2v) is 10.8. The van der Waals surface area contributed by atoms with Crippen LogP contribution in [-0.4, -0.2) is 38.9 Å². The van der Waals surface area contributed by atoms with Crippen LogP contribution in [-0.2, 0) is 32.2 Å². The van der Waals surface area contributed by atoms with E-state index in [9.17, 15) is 14.7 Å². The Hall–Kier alpha value is -3.24. The van der Waals surface area contributed by atoms with Crippen molar-refractivity contribution in [2.45, 2.75) is 75.2 Å². The third-order valence-corrected chi connectivity index (χ3v) is 7.78. The Morgan fingerprint density at radius 1 is 0.900 bits per heavy atom. The maximum Gasteiger partial charge on any atom is 0.303 e. The molecular weight excluding hydrogens is 528 g/mol. The average Bonchev–Trinajstić information content (AvgIpc) is 2.99. The number of carboxylic acid groups (broad SMARTS) is 1. The van der Waals surface area contributed by atoms with Gasteiger partial charge in [0.25, 0.3) is 0 Å². The van der Waals surface area contributed by atoms with Crippen molar-refractivity contribution in [2.24, 2.45) is 0 Å². The van der Waals surface area contributed by atoms with Crippen LogP contribution in [0.15, 0.2) is 78.0 Å². The first kappa shape index (κ1) is 29.7. The van der Waals surface area contributed by atoms with Crippen LogP contribution in [0.2, 0.25) is 0 Å². The molecule has 0 saturated carbocycles. The largest absolute Gasteiger partial charge is 0.481 e. The zero-order valence-corrected chi connectivity index (χ0v) is 23.2. The van der Waals surface area contributed by atoms with Crippen LogP contribution in [0.3, 0.4) is 0 Å². The molecule has 8 nitrogen and oxygen atoms in total. The number of hydrogen-bond donors (Lipinski definition) is 3. The van der Waals surface area contributed by atoms with Crippen molar-refractivity contribution in [3.05, 3.63) is 95.2 Å². The lowest BCUT2D eigenvalue weighted by Crippen LogP contribution is -2.31. The highest BCUT2D eigenvalue weighted by atomic mass is 32.2. The van der Waals surface area contributed by atoms with Gasteiger partial charge in [0.2, 0.25) is 5.91 Å². The van der Waals surface area contributed by atoms with Crippen molar-refractivity contribution >= 4 is 23.6 Å². The number of aliphatic hydroxyl groups excluding tert-OH is 1. The minimum atomic E-state index is -0.803. The molecule has 1 amide bonds. The summed E-state index contributed by atoms with van der Waals surface area (Å²) in [5.74, 6) is -0.104. The van der Waals surface area contributed by atoms with E-state index in [-0.39, 0.29) is 31.1 Å². The van der Waals surface area contributed by atoms with E-state index < -0.39 is 12.3 Å². The number of benzene rings is 2. The molecule has 1 fully saturated rings. The Labute approximate surface area is 239 Å². The number of aromatic nitrogens is 1. The number of unbranched alkanes of at least 4 members (excludes halogenated alkanes) is 2. The van der Waals surface area contributed by atoms with Crippen LogP contribution in [0, 0.1) is 0 Å². The Bertz CT molecular complexity index is 1210. The third kappa shape index (κ3) is 9.45. The minimum Gasteiger partial charge on any atom is -0.481 e. The predicted octanol–water partition coefficient (Wildman–Crippen LogP) is 5.56. The number of rotatable bonds is 14. The van der Waals surface area contributed by atoms with Gasteiger partial charge in [-0.2, -0.15) is 0 Å². The van der Waals surface area contributed by atoms with Crippen molar-refractivity contribution in [1.29, 1.82) is 0 Å². The topological polar surface area (TPSA) is 118 Å². The number of nitrogens with one attached hydrogen (secondary N) is 1. The number of hydrogen-bond acceptors (Lipinski definition) is 7. The molecule has 3 aromatic rings. The van der Waals surface area contributed by atoms with Gasteiger partial charge in [-0.1, -0.05) is 61.0 Å². The maximum atomic E-state index is 12.2. The summed E-state index contributed by atoms with van der Waals surface area (Å²) in [5.41, 5.74) is 3.77. The molecule has 9 heteroatoms. The monoisotopic (exact) mass is 564 g/mol. The molecule has 1 aliphatic rings. The van der Waals surface area contributed by atoms with Crippen LogP contribution in [0.1, 0.15) is 73.2 Å². The van der Waals surface area contributed by atoms with E-state index in [4.69, 9.17) is 14.6 Å². The summed E-state index contributed by atoms with van der Waals surface area (Å²) in [6.07, 6.45) is 4.26. The van der Waals surface area contributed by atoms with Gasteiger partial charge in [-0.25, -0.2) is 4.98 Å². The van der Waals surface area contributed by atoms with E-state index in [1.807, 2.05) is 66.7 Å². The number of carboxylic acids is 1. The molecular formula is C31H36N2O6S. The van der Waals surface area contributed by atoms with Gasteiger partial charge in [-0.3, -0.25) is 9.59 Å². The van der Waals surface area contributed by atoms with E-state index in [1.165, 1.54) is 0 Å². The standard InChI is InChI=1S/C31H36N2O6S/c34-20-23-11-13-24(14-12-23)27-18-26(21-40-29-7-4-5-17-32-29)38-31(39-27)25-15-9-22(10-16-25)19-33-28(35)6-2-1-3-8-30(36)37/h4-5,7,9-17,26-27,31,34H,1-3,6,8,18-21H2,(H,33,35)(H,36,37)/t26-,27+,31+/m0/s1. The van der Waals surface area contributed by atoms with E-state index in [2.05, 4.69) is 10.3 Å². The maximum absolute atomic E-state index is 12.2. The normalized spacial score (nSPS) is 18.8. The lowest BCUT2D eigenvalue weighted by atomic mass is 10.0. The SMILES string of the molecule is O=C(O)CCCCCC(=O)NCc1ccc([C@@H]2O[C@H](CSc3ccccn3)C[C@H](c3ccc(CO)cc3)O2)cc1. The van der Waals surface area contributed by atoms with Crippen molar-refractivity contribution < 1.29 is 29.3 Å². The third-order valence-electron chi connectivity index (χ3n) is 6.71. The zero-order valence-electron chi connectivity index (χ0n) is 22.4. The number of amides is 1. The summed E-state index contributed by atoms with van der Waals surface area (Å²) in [4.78, 5) is 27.1. The molecule has 0 radical (unpaired) electrons. The van der Waals surface area contributed by atoms with Gasteiger partial charge in [0.1, 0.15) is 0 Å². The Balaban J connectivity index is 1.34. The number of aliphatic hydroxyl groups is 1. The molecule has 3 atom stereocenters. The number of carbonyl (C=O) groups is 2. The molecule has 1 saturated heterocycles. The molecule has 2 heterocycles. The predicted molar refractivity (Wildman–Crippen MR) is 152 cm³/mol. The second kappa shape index (κ2) is 15.5. The first-order valence-electron chi connectivity index (χ1n) is 13.6. The highest BCUT2D eigenvalue weighted by Gasteiger charge is 2.32. The summed E-state index contributed by atoms with van der Waals surface area (Å²) in [6, 6.07) is 21.6. The highest BCUT2D eigenvalue weighted by Crippen LogP contribution is 2.39. The van der Waals surface area contributed by atoms with E-state index in [0.29, 0.717) is 32.2 Å². The van der Waals surface area contributed by atoms with Crippen LogP contribution < -0.4 is 5.32 Å². The van der Waals surface area contributed by atoms with Gasteiger partial charge in [0.15, 0.2) is 6.29 Å². The molecule has 1 aliphatic heterocycles. The summed E-state index contributed by atoms with van der Waals surface area (Å²) >= 11 is 1.66. The van der Waals surface area contributed by atoms with Crippen LogP contribution >= 0.6 is 11.8 Å². The van der Waals surface area contributed by atoms with Gasteiger partial charge in [0.05, 0.1) is 23.8 Å². The highest BCUT2D eigenvalue weighted by molar-refractivity contribution is 7.99. The fourth-order valence-electron chi connectivity index (χ4n) is 4.45. The van der Waals surface area contributed by atoms with E-state index in [0.717, 1.165) is 39.5 Å². The van der Waals surface area contributed by atoms with Crippen molar-refractivity contribution in [3.63, 3.8) is 0 Å². The molecule has 0 unspecified atom stereocenters. The molecule has 2 aromatic carbocycles. The fraction of sp³-hybridized carbons (Fsp3) is 0.387. The van der Waals surface area contributed by atoms with Gasteiger partial charge in [-0.15, -0.1) is 11.8 Å². The molecule has 1 aromatic heterocycles. The van der Waals surface area contributed by atoms with Crippen LogP contribution in [0.4, 0.5) is 0 Å². The van der Waals surface area contributed by atoms with Crippen molar-refractivity contribution in [2.75, 3.05) is 5.75 Å². The summed E-state index contributed by atoms with van der Waals surface area (Å²) in [5, 5.41) is 22.0. The Kier molecular flexibility index (Phi) is 11.5. The number of thioether (sulfide) groups is 1. The molecule has 212 valence electrons. The molecule has 4 rings (SSSR count). The molecule has 0 bridgehead atoms. The average molecular weight is 565 g/mol. The van der Waals surface area contributed by atoms with Gasteiger partial charge >= 0.3 is 5.97 Å². The summed E-state index contributed by atoms with van der Waals surface area (Å²) < 4.78 is 12.8. The van der Waals surface area contributed by atoms with Gasteiger partial charge in [0, 0.05) is 43.3 Å². The number of nitrogens with zero attached hydrogens (tertiary/aromatic N) is 1. The first-order chi connectivity index (χ1) is 19.5. The molecule has 3 N–H and O–H groups in total. The molecule has 0 aliphatic carbocycles. The van der Waals surface area contributed by atoms with Crippen LogP contribution in [0.5, 0.6) is 0 Å². The summed E-state index contributed by atoms with van der Waals surface area (Å²) in [7, 11) is 0. The smallest absolute Gasteiger partial charge is 0.303 e. The van der Waals surface area contributed by atoms with Gasteiger partial charge in [-0.05, 0) is 41.7 Å². The first-order valence-corrected chi connectivity index (χ1v) is 14.6. The zero-order chi connectivity index (χ0) is 28.2. The van der Waals surface area contributed by atoms with E-state index in [1.54, 1.807) is 18.0 Å². The Morgan fingerprint density at radius 2 is 1.62 bits per heavy atom. The minimum absolute atomic E-state index is 0.000472. The number of pyridine rings is 1. The van der Waals surface area contributed by atoms with Crippen molar-refractivity contribution in [1.82, 2.24) is 10.3 Å². The fourth-order valence-corrected chi connectivity index (χ4v) is 5.34. The van der Waals surface area contributed by atoms with Gasteiger partial charge < -0.3 is 25.0 Å². The summed E-state index contributed by atoms with van der Waals surface area (Å²) in [6.45, 7) is 0.421. The molecule has 0 spiro atoms. The van der Waals surface area contributed by atoms with E-state index >= 15 is 0 Å².